The fourth-order valence-corrected chi connectivity index (χ4v) is 4.16. The zero-order chi connectivity index (χ0) is 20.1. The average Bonchev–Trinajstić information content (AvgIpc) is 3.30. The Morgan fingerprint density at radius 1 is 0.828 bits per heavy atom. The first-order chi connectivity index (χ1) is 14.2. The predicted octanol–water partition coefficient (Wildman–Crippen LogP) is 4.98. The summed E-state index contributed by atoms with van der Waals surface area (Å²) >= 11 is 1.46. The smallest absolute Gasteiger partial charge is 0.263 e. The summed E-state index contributed by atoms with van der Waals surface area (Å²) < 4.78 is 0. The maximum absolute atomic E-state index is 12.6. The van der Waals surface area contributed by atoms with Gasteiger partial charge in [-0.05, 0) is 60.7 Å². The van der Waals surface area contributed by atoms with Gasteiger partial charge in [-0.1, -0.05) is 24.3 Å². The lowest BCUT2D eigenvalue weighted by Crippen LogP contribution is -2.41. The summed E-state index contributed by atoms with van der Waals surface area (Å²) in [5, 5.41) is 8.24. The van der Waals surface area contributed by atoms with Crippen LogP contribution in [0.2, 0.25) is 0 Å². The van der Waals surface area contributed by atoms with Crippen LogP contribution in [0.25, 0.3) is 0 Å². The normalized spacial score (nSPS) is 14.4. The van der Waals surface area contributed by atoms with Gasteiger partial charge in [-0.25, -0.2) is 0 Å². The quantitative estimate of drug-likeness (QED) is 0.629. The number of thiophene rings is 1. The summed E-state index contributed by atoms with van der Waals surface area (Å²) in [6, 6.07) is 21.4. The maximum atomic E-state index is 12.6. The van der Waals surface area contributed by atoms with Crippen LogP contribution < -0.4 is 10.6 Å². The number of nitrogens with one attached hydrogen (secondary N) is 2. The third kappa shape index (κ3) is 4.84. The van der Waals surface area contributed by atoms with Crippen LogP contribution in [-0.2, 0) is 4.79 Å². The maximum Gasteiger partial charge on any atom is 0.263 e. The molecule has 5 nitrogen and oxygen atoms in total. The van der Waals surface area contributed by atoms with E-state index < -0.39 is 0 Å². The second-order valence-corrected chi connectivity index (χ2v) is 8.05. The number of para-hydroxylation sites is 1. The Kier molecular flexibility index (Phi) is 5.91. The van der Waals surface area contributed by atoms with Crippen molar-refractivity contribution >= 4 is 40.2 Å². The third-order valence-electron chi connectivity index (χ3n) is 5.10. The van der Waals surface area contributed by atoms with Gasteiger partial charge >= 0.3 is 0 Å². The van der Waals surface area contributed by atoms with Crippen LogP contribution in [0, 0.1) is 5.92 Å². The van der Waals surface area contributed by atoms with Gasteiger partial charge in [0.2, 0.25) is 5.91 Å². The molecule has 0 bridgehead atoms. The largest absolute Gasteiger partial charge is 0.356 e. The number of likely N-dealkylation sites (tertiary alicyclic amines) is 1. The highest BCUT2D eigenvalue weighted by Gasteiger charge is 2.28. The first kappa shape index (κ1) is 19.2. The molecular formula is C23H23N3O2S. The molecule has 0 spiro atoms. The zero-order valence-corrected chi connectivity index (χ0v) is 16.8. The third-order valence-corrected chi connectivity index (χ3v) is 5.96. The highest BCUT2D eigenvalue weighted by atomic mass is 32.1. The molecule has 2 aromatic carbocycles. The van der Waals surface area contributed by atoms with Gasteiger partial charge in [0.1, 0.15) is 0 Å². The van der Waals surface area contributed by atoms with Crippen LogP contribution >= 0.6 is 11.3 Å². The van der Waals surface area contributed by atoms with E-state index in [1.807, 2.05) is 77.0 Å². The molecule has 1 saturated heterocycles. The second kappa shape index (κ2) is 8.92. The second-order valence-electron chi connectivity index (χ2n) is 7.10. The molecule has 2 amide bonds. The van der Waals surface area contributed by atoms with Gasteiger partial charge in [-0.2, -0.15) is 0 Å². The number of hydrogen-bond donors (Lipinski definition) is 2. The molecule has 29 heavy (non-hydrogen) atoms. The summed E-state index contributed by atoms with van der Waals surface area (Å²) in [6.07, 6.45) is 1.38. The van der Waals surface area contributed by atoms with Crippen molar-refractivity contribution in [3.8, 4) is 0 Å². The van der Waals surface area contributed by atoms with E-state index in [9.17, 15) is 9.59 Å². The Hall–Kier alpha value is -3.12. The summed E-state index contributed by atoms with van der Waals surface area (Å²) in [5.41, 5.74) is 2.77. The molecule has 2 heterocycles. The Bertz CT molecular complexity index is 948. The molecule has 0 saturated carbocycles. The van der Waals surface area contributed by atoms with E-state index in [1.165, 1.54) is 11.3 Å². The molecule has 6 heteroatoms. The molecule has 1 fully saturated rings. The summed E-state index contributed by atoms with van der Waals surface area (Å²) in [4.78, 5) is 27.6. The minimum Gasteiger partial charge on any atom is -0.356 e. The Labute approximate surface area is 174 Å². The highest BCUT2D eigenvalue weighted by molar-refractivity contribution is 7.12. The molecule has 4 rings (SSSR count). The van der Waals surface area contributed by atoms with Gasteiger partial charge in [-0.15, -0.1) is 11.3 Å². The molecule has 0 unspecified atom stereocenters. The minimum absolute atomic E-state index is 0.0250. The van der Waals surface area contributed by atoms with Crippen LogP contribution in [0.1, 0.15) is 22.5 Å². The first-order valence-electron chi connectivity index (χ1n) is 9.75. The van der Waals surface area contributed by atoms with Crippen LogP contribution in [0.5, 0.6) is 0 Å². The van der Waals surface area contributed by atoms with Crippen molar-refractivity contribution in [1.29, 1.82) is 0 Å². The van der Waals surface area contributed by atoms with Crippen LogP contribution in [-0.4, -0.2) is 29.8 Å². The zero-order valence-electron chi connectivity index (χ0n) is 16.0. The molecule has 1 aromatic heterocycles. The summed E-state index contributed by atoms with van der Waals surface area (Å²) in [6.45, 7) is 1.24. The van der Waals surface area contributed by atoms with Gasteiger partial charge in [0, 0.05) is 36.1 Å². The van der Waals surface area contributed by atoms with Gasteiger partial charge in [-0.3, -0.25) is 9.59 Å². The number of carbonyl (C=O) groups excluding carboxylic acids is 2. The average molecular weight is 406 g/mol. The van der Waals surface area contributed by atoms with Crippen molar-refractivity contribution in [2.75, 3.05) is 23.7 Å². The number of anilines is 3. The summed E-state index contributed by atoms with van der Waals surface area (Å²) in [5.74, 6) is 0.0295. The van der Waals surface area contributed by atoms with Crippen molar-refractivity contribution in [3.05, 3.63) is 77.0 Å². The Morgan fingerprint density at radius 2 is 1.48 bits per heavy atom. The topological polar surface area (TPSA) is 61.4 Å². The molecule has 0 aliphatic carbocycles. The van der Waals surface area contributed by atoms with Crippen LogP contribution in [0.3, 0.4) is 0 Å². The fourth-order valence-electron chi connectivity index (χ4n) is 3.47. The van der Waals surface area contributed by atoms with Gasteiger partial charge in [0.15, 0.2) is 0 Å². The van der Waals surface area contributed by atoms with Crippen LogP contribution in [0.15, 0.2) is 72.1 Å². The van der Waals surface area contributed by atoms with E-state index in [0.717, 1.165) is 21.9 Å². The molecule has 0 radical (unpaired) electrons. The lowest BCUT2D eigenvalue weighted by molar-refractivity contribution is -0.121. The van der Waals surface area contributed by atoms with E-state index >= 15 is 0 Å². The number of piperidine rings is 1. The van der Waals surface area contributed by atoms with E-state index in [1.54, 1.807) is 0 Å². The van der Waals surface area contributed by atoms with Crippen molar-refractivity contribution in [1.82, 2.24) is 4.90 Å². The predicted molar refractivity (Wildman–Crippen MR) is 118 cm³/mol. The number of amides is 2. The Morgan fingerprint density at radius 3 is 2.14 bits per heavy atom. The van der Waals surface area contributed by atoms with Crippen molar-refractivity contribution in [2.24, 2.45) is 5.92 Å². The van der Waals surface area contributed by atoms with E-state index in [2.05, 4.69) is 10.6 Å². The molecule has 1 aliphatic rings. The number of hydrogen-bond acceptors (Lipinski definition) is 4. The van der Waals surface area contributed by atoms with E-state index in [0.29, 0.717) is 25.9 Å². The Balaban J connectivity index is 1.28. The van der Waals surface area contributed by atoms with Gasteiger partial charge in [0.05, 0.1) is 4.88 Å². The van der Waals surface area contributed by atoms with Crippen molar-refractivity contribution in [3.63, 3.8) is 0 Å². The molecular weight excluding hydrogens is 382 g/mol. The van der Waals surface area contributed by atoms with Gasteiger partial charge < -0.3 is 15.5 Å². The minimum atomic E-state index is -0.0653. The van der Waals surface area contributed by atoms with E-state index in [-0.39, 0.29) is 17.7 Å². The van der Waals surface area contributed by atoms with Gasteiger partial charge in [0.25, 0.3) is 5.91 Å². The lowest BCUT2D eigenvalue weighted by Gasteiger charge is -2.31. The molecule has 1 aliphatic heterocycles. The molecule has 3 aromatic rings. The summed E-state index contributed by atoms with van der Waals surface area (Å²) in [7, 11) is 0. The van der Waals surface area contributed by atoms with E-state index in [4.69, 9.17) is 0 Å². The first-order valence-corrected chi connectivity index (χ1v) is 10.6. The number of nitrogens with zero attached hydrogens (tertiary/aromatic N) is 1. The standard InChI is InChI=1S/C23H23N3O2S/c27-22(17-12-14-26(15-13-17)23(28)21-7-4-16-29-21)25-20-10-8-19(9-11-20)24-18-5-2-1-3-6-18/h1-11,16-17,24H,12-15H2,(H,25,27). The molecule has 148 valence electrons. The van der Waals surface area contributed by atoms with Crippen molar-refractivity contribution < 1.29 is 9.59 Å². The lowest BCUT2D eigenvalue weighted by atomic mass is 9.95. The number of rotatable bonds is 5. The highest BCUT2D eigenvalue weighted by Crippen LogP contribution is 2.23. The number of carbonyl (C=O) groups is 2. The molecule has 0 atom stereocenters. The molecule has 2 N–H and O–H groups in total. The monoisotopic (exact) mass is 405 g/mol. The number of benzene rings is 2. The fraction of sp³-hybridized carbons (Fsp3) is 0.217. The SMILES string of the molecule is O=C(Nc1ccc(Nc2ccccc2)cc1)C1CCN(C(=O)c2cccs2)CC1. The van der Waals surface area contributed by atoms with Crippen LogP contribution in [0.4, 0.5) is 17.1 Å². The van der Waals surface area contributed by atoms with Crippen molar-refractivity contribution in [2.45, 2.75) is 12.8 Å².